The fourth-order valence-corrected chi connectivity index (χ4v) is 3.25. The second-order valence-corrected chi connectivity index (χ2v) is 6.43. The Morgan fingerprint density at radius 2 is 1.74 bits per heavy atom. The summed E-state index contributed by atoms with van der Waals surface area (Å²) >= 11 is 0. The molecule has 0 saturated carbocycles. The van der Waals surface area contributed by atoms with Crippen molar-refractivity contribution in [2.45, 2.75) is 11.8 Å². The largest absolute Gasteiger partial charge is 0.478 e. The Hall–Kier alpha value is -2.66. The van der Waals surface area contributed by atoms with Crippen LogP contribution in [-0.2, 0) is 11.0 Å². The number of fused-ring (bicyclic) bond motifs is 1. The zero-order valence-corrected chi connectivity index (χ0v) is 13.3. The summed E-state index contributed by atoms with van der Waals surface area (Å²) in [6.07, 6.45) is 0. The molecular formula is C18H15NO3S. The molecule has 0 spiro atoms. The van der Waals surface area contributed by atoms with Gasteiger partial charge in [0.2, 0.25) is 0 Å². The fourth-order valence-electron chi connectivity index (χ4n) is 2.36. The zero-order chi connectivity index (χ0) is 16.4. The van der Waals surface area contributed by atoms with Crippen molar-refractivity contribution in [1.29, 1.82) is 0 Å². The molecule has 23 heavy (non-hydrogen) atoms. The van der Waals surface area contributed by atoms with Gasteiger partial charge in [-0.2, -0.15) is 0 Å². The molecule has 0 aliphatic rings. The number of carboxylic acid groups (broad SMARTS) is 1. The van der Waals surface area contributed by atoms with Crippen molar-refractivity contribution in [3.05, 3.63) is 71.8 Å². The lowest BCUT2D eigenvalue weighted by Crippen LogP contribution is -2.07. The van der Waals surface area contributed by atoms with Gasteiger partial charge in [-0.25, -0.2) is 9.00 Å². The van der Waals surface area contributed by atoms with Crippen molar-refractivity contribution in [3.63, 3.8) is 0 Å². The third kappa shape index (κ3) is 3.24. The Morgan fingerprint density at radius 3 is 2.48 bits per heavy atom. The van der Waals surface area contributed by atoms with Crippen LogP contribution in [0.1, 0.15) is 15.9 Å². The number of anilines is 1. The molecule has 3 rings (SSSR count). The van der Waals surface area contributed by atoms with Gasteiger partial charge >= 0.3 is 5.97 Å². The number of nitrogens with one attached hydrogen (secondary N) is 1. The molecule has 1 atom stereocenters. The van der Waals surface area contributed by atoms with E-state index in [-0.39, 0.29) is 5.56 Å². The van der Waals surface area contributed by atoms with Gasteiger partial charge in [-0.3, -0.25) is 0 Å². The van der Waals surface area contributed by atoms with E-state index in [9.17, 15) is 9.00 Å². The molecule has 1 unspecified atom stereocenters. The monoisotopic (exact) mass is 325 g/mol. The first-order chi connectivity index (χ1) is 11.0. The maximum absolute atomic E-state index is 12.5. The van der Waals surface area contributed by atoms with Crippen LogP contribution < -0.4 is 4.72 Å². The number of aromatic carboxylic acids is 1. The predicted octanol–water partition coefficient (Wildman–Crippen LogP) is 3.98. The van der Waals surface area contributed by atoms with Crippen molar-refractivity contribution in [2.24, 2.45) is 0 Å². The smallest absolute Gasteiger partial charge is 0.336 e. The Bertz CT molecular complexity index is 921. The number of aryl methyl sites for hydroxylation is 1. The van der Waals surface area contributed by atoms with Gasteiger partial charge in [0.1, 0.15) is 11.0 Å². The molecule has 0 saturated heterocycles. The molecular weight excluding hydrogens is 310 g/mol. The van der Waals surface area contributed by atoms with Gasteiger partial charge in [0, 0.05) is 5.69 Å². The number of rotatable bonds is 4. The standard InChI is InChI=1S/C18H15NO3S/c1-12-6-8-15(11-17(12)18(20)21)19-23(22)16-9-7-13-4-2-3-5-14(13)10-16/h2-11,19H,1H3,(H,20,21). The summed E-state index contributed by atoms with van der Waals surface area (Å²) in [4.78, 5) is 11.8. The molecule has 5 heteroatoms. The molecule has 3 aromatic rings. The van der Waals surface area contributed by atoms with Crippen LogP contribution in [0, 0.1) is 6.92 Å². The van der Waals surface area contributed by atoms with Crippen LogP contribution in [0.5, 0.6) is 0 Å². The Kier molecular flexibility index (Phi) is 4.12. The minimum Gasteiger partial charge on any atom is -0.478 e. The van der Waals surface area contributed by atoms with Crippen LogP contribution in [0.15, 0.2) is 65.6 Å². The summed E-state index contributed by atoms with van der Waals surface area (Å²) in [6.45, 7) is 1.73. The van der Waals surface area contributed by atoms with E-state index in [2.05, 4.69) is 4.72 Å². The molecule has 3 aromatic carbocycles. The fraction of sp³-hybridized carbons (Fsp3) is 0.0556. The van der Waals surface area contributed by atoms with Crippen molar-refractivity contribution in [1.82, 2.24) is 0 Å². The number of hydrogen-bond acceptors (Lipinski definition) is 2. The summed E-state index contributed by atoms with van der Waals surface area (Å²) in [5.74, 6) is -0.998. The second-order valence-electron chi connectivity index (χ2n) is 5.21. The zero-order valence-electron chi connectivity index (χ0n) is 12.4. The van der Waals surface area contributed by atoms with Crippen LogP contribution in [-0.4, -0.2) is 15.3 Å². The summed E-state index contributed by atoms with van der Waals surface area (Å²) in [7, 11) is -1.46. The molecule has 0 aliphatic carbocycles. The van der Waals surface area contributed by atoms with E-state index in [1.807, 2.05) is 36.4 Å². The third-order valence-electron chi connectivity index (χ3n) is 3.61. The lowest BCUT2D eigenvalue weighted by molar-refractivity contribution is 0.0696. The van der Waals surface area contributed by atoms with Crippen molar-refractivity contribution in [2.75, 3.05) is 4.72 Å². The summed E-state index contributed by atoms with van der Waals surface area (Å²) in [5, 5.41) is 11.2. The highest BCUT2D eigenvalue weighted by atomic mass is 32.2. The Balaban J connectivity index is 1.88. The maximum Gasteiger partial charge on any atom is 0.336 e. The van der Waals surface area contributed by atoms with E-state index >= 15 is 0 Å². The Morgan fingerprint density at radius 1 is 1.00 bits per heavy atom. The van der Waals surface area contributed by atoms with E-state index in [1.165, 1.54) is 6.07 Å². The second kappa shape index (κ2) is 6.22. The quantitative estimate of drug-likeness (QED) is 0.762. The first kappa shape index (κ1) is 15.2. The SMILES string of the molecule is Cc1ccc(NS(=O)c2ccc3ccccc3c2)cc1C(=O)O. The van der Waals surface area contributed by atoms with E-state index in [0.717, 1.165) is 10.8 Å². The minimum atomic E-state index is -1.46. The van der Waals surface area contributed by atoms with Crippen LogP contribution in [0.3, 0.4) is 0 Å². The van der Waals surface area contributed by atoms with Gasteiger partial charge in [0.25, 0.3) is 0 Å². The lowest BCUT2D eigenvalue weighted by Gasteiger charge is -2.09. The third-order valence-corrected chi connectivity index (χ3v) is 4.72. The molecule has 0 aliphatic heterocycles. The van der Waals surface area contributed by atoms with Crippen LogP contribution in [0.2, 0.25) is 0 Å². The predicted molar refractivity (Wildman–Crippen MR) is 92.1 cm³/mol. The summed E-state index contributed by atoms with van der Waals surface area (Å²) in [5.41, 5.74) is 1.38. The molecule has 0 aromatic heterocycles. The number of hydrogen-bond donors (Lipinski definition) is 2. The molecule has 0 radical (unpaired) electrons. The lowest BCUT2D eigenvalue weighted by atomic mass is 10.1. The molecule has 0 heterocycles. The average molecular weight is 325 g/mol. The highest BCUT2D eigenvalue weighted by molar-refractivity contribution is 7.86. The number of carbonyl (C=O) groups is 1. The topological polar surface area (TPSA) is 66.4 Å². The van der Waals surface area contributed by atoms with E-state index in [4.69, 9.17) is 5.11 Å². The molecule has 0 amide bonds. The van der Waals surface area contributed by atoms with Crippen molar-refractivity contribution in [3.8, 4) is 0 Å². The van der Waals surface area contributed by atoms with Gasteiger partial charge in [0.05, 0.1) is 10.5 Å². The maximum atomic E-state index is 12.5. The molecule has 116 valence electrons. The van der Waals surface area contributed by atoms with E-state index < -0.39 is 17.0 Å². The number of carboxylic acids is 1. The first-order valence-electron chi connectivity index (χ1n) is 7.06. The summed E-state index contributed by atoms with van der Waals surface area (Å²) in [6, 6.07) is 18.4. The highest BCUT2D eigenvalue weighted by Crippen LogP contribution is 2.21. The first-order valence-corrected chi connectivity index (χ1v) is 8.21. The van der Waals surface area contributed by atoms with E-state index in [1.54, 1.807) is 25.1 Å². The normalized spacial score (nSPS) is 12.0. The van der Waals surface area contributed by atoms with Crippen LogP contribution in [0.25, 0.3) is 10.8 Å². The van der Waals surface area contributed by atoms with Gasteiger partial charge in [-0.15, -0.1) is 0 Å². The van der Waals surface area contributed by atoms with Crippen LogP contribution >= 0.6 is 0 Å². The van der Waals surface area contributed by atoms with Crippen LogP contribution in [0.4, 0.5) is 5.69 Å². The van der Waals surface area contributed by atoms with Gasteiger partial charge in [-0.05, 0) is 47.5 Å². The molecule has 2 N–H and O–H groups in total. The average Bonchev–Trinajstić information content (AvgIpc) is 2.55. The van der Waals surface area contributed by atoms with Gasteiger partial charge < -0.3 is 9.83 Å². The summed E-state index contributed by atoms with van der Waals surface area (Å²) < 4.78 is 15.3. The van der Waals surface area contributed by atoms with Gasteiger partial charge in [0.15, 0.2) is 0 Å². The molecule has 0 fully saturated rings. The molecule has 4 nitrogen and oxygen atoms in total. The Labute approximate surface area is 136 Å². The van der Waals surface area contributed by atoms with E-state index in [0.29, 0.717) is 16.1 Å². The van der Waals surface area contributed by atoms with Crippen molar-refractivity contribution >= 4 is 33.4 Å². The molecule has 0 bridgehead atoms. The number of benzene rings is 3. The van der Waals surface area contributed by atoms with Crippen molar-refractivity contribution < 1.29 is 14.1 Å². The van der Waals surface area contributed by atoms with Gasteiger partial charge in [-0.1, -0.05) is 36.4 Å². The highest BCUT2D eigenvalue weighted by Gasteiger charge is 2.10. The minimum absolute atomic E-state index is 0.200.